The summed E-state index contributed by atoms with van der Waals surface area (Å²) >= 11 is 0. The molecule has 2 rings (SSSR count). The molecule has 31 heavy (non-hydrogen) atoms. The number of nitrogens with zero attached hydrogens (tertiary/aromatic N) is 1. The maximum absolute atomic E-state index is 13.1. The second kappa shape index (κ2) is 11.6. The van der Waals surface area contributed by atoms with Gasteiger partial charge in [-0.2, -0.15) is 0 Å². The number of aromatic nitrogens is 1. The van der Waals surface area contributed by atoms with Crippen LogP contribution in [0.1, 0.15) is 13.8 Å². The van der Waals surface area contributed by atoms with Gasteiger partial charge in [-0.3, -0.25) is 9.78 Å². The van der Waals surface area contributed by atoms with Gasteiger partial charge in [-0.05, 0) is 61.8 Å². The molecule has 0 aliphatic rings. The van der Waals surface area contributed by atoms with Gasteiger partial charge in [-0.25, -0.2) is 14.8 Å². The number of allylic oxidation sites excluding steroid dienone is 3. The van der Waals surface area contributed by atoms with E-state index in [-0.39, 0.29) is 12.5 Å². The van der Waals surface area contributed by atoms with Crippen LogP contribution in [0.4, 0.5) is 10.5 Å². The van der Waals surface area contributed by atoms with Crippen molar-refractivity contribution in [2.24, 2.45) is 5.92 Å². The van der Waals surface area contributed by atoms with E-state index < -0.39 is 22.0 Å². The third-order valence-corrected chi connectivity index (χ3v) is 6.09. The molecule has 0 aliphatic carbocycles. The monoisotopic (exact) mass is 443 g/mol. The Morgan fingerprint density at radius 2 is 1.94 bits per heavy atom. The molecule has 0 bridgehead atoms. The van der Waals surface area contributed by atoms with E-state index in [2.05, 4.69) is 34.4 Å². The number of amides is 2. The number of carbonyl (C=O) groups excluding carboxylic acids is 2. The van der Waals surface area contributed by atoms with Crippen molar-refractivity contribution in [2.75, 3.05) is 43.0 Å². The van der Waals surface area contributed by atoms with E-state index in [4.69, 9.17) is 4.74 Å². The Hall–Kier alpha value is -2.80. The average Bonchev–Trinajstić information content (AvgIpc) is 2.72. The van der Waals surface area contributed by atoms with Crippen LogP contribution in [0.3, 0.4) is 0 Å². The van der Waals surface area contributed by atoms with Crippen LogP contribution in [0.15, 0.2) is 60.5 Å². The van der Waals surface area contributed by atoms with E-state index >= 15 is 0 Å². The molecular formula is C24H33N3O3S. The van der Waals surface area contributed by atoms with Crippen LogP contribution in [0.25, 0.3) is 10.8 Å². The van der Waals surface area contributed by atoms with Crippen molar-refractivity contribution in [3.63, 3.8) is 0 Å². The van der Waals surface area contributed by atoms with Crippen molar-refractivity contribution in [3.05, 3.63) is 60.5 Å². The zero-order valence-corrected chi connectivity index (χ0v) is 19.8. The molecule has 0 saturated heterocycles. The SMILES string of the molecule is C/C=C\C(=C/C)C(CNC(=O)OCCS(C)(C)C)C(=O)Nc1ccc2cnccc2c1. The van der Waals surface area contributed by atoms with Gasteiger partial charge < -0.3 is 15.4 Å². The van der Waals surface area contributed by atoms with Crippen LogP contribution in [-0.2, 0) is 9.53 Å². The van der Waals surface area contributed by atoms with E-state index in [1.54, 1.807) is 12.4 Å². The summed E-state index contributed by atoms with van der Waals surface area (Å²) in [5, 5.41) is 7.71. The van der Waals surface area contributed by atoms with Crippen molar-refractivity contribution in [3.8, 4) is 0 Å². The zero-order valence-electron chi connectivity index (χ0n) is 19.0. The second-order valence-corrected chi connectivity index (χ2v) is 12.7. The summed E-state index contributed by atoms with van der Waals surface area (Å²) in [7, 11) is -0.731. The quantitative estimate of drug-likeness (QED) is 0.549. The zero-order chi connectivity index (χ0) is 22.9. The van der Waals surface area contributed by atoms with Gasteiger partial charge >= 0.3 is 6.09 Å². The Balaban J connectivity index is 2.07. The van der Waals surface area contributed by atoms with Crippen molar-refractivity contribution in [1.29, 1.82) is 0 Å². The number of benzene rings is 1. The molecule has 1 aromatic heterocycles. The van der Waals surface area contributed by atoms with Crippen molar-refractivity contribution in [1.82, 2.24) is 10.3 Å². The van der Waals surface area contributed by atoms with Crippen LogP contribution < -0.4 is 10.6 Å². The van der Waals surface area contributed by atoms with Crippen LogP contribution in [0, 0.1) is 5.92 Å². The van der Waals surface area contributed by atoms with E-state index in [0.717, 1.165) is 22.1 Å². The summed E-state index contributed by atoms with van der Waals surface area (Å²) in [5.74, 6) is 0.106. The smallest absolute Gasteiger partial charge is 0.407 e. The Morgan fingerprint density at radius 1 is 1.16 bits per heavy atom. The van der Waals surface area contributed by atoms with E-state index in [1.165, 1.54) is 0 Å². The fourth-order valence-electron chi connectivity index (χ4n) is 2.98. The minimum atomic E-state index is -0.731. The molecule has 2 amide bonds. The summed E-state index contributed by atoms with van der Waals surface area (Å²) < 4.78 is 5.28. The highest BCUT2D eigenvalue weighted by atomic mass is 32.3. The second-order valence-electron chi connectivity index (χ2n) is 8.08. The molecule has 168 valence electrons. The standard InChI is InChI=1S/C24H33N3O3S/c1-6-8-18(7-2)22(17-26-24(29)30-13-14-31(3,4)5)23(28)27-21-10-9-20-16-25-12-11-19(20)15-21/h6-12,15-16,22H,13-14,17H2,1-5H3,(H,26,29)(H,27,28)/b8-6-,18-7+. The Morgan fingerprint density at radius 3 is 2.61 bits per heavy atom. The molecule has 0 saturated carbocycles. The van der Waals surface area contributed by atoms with Crippen molar-refractivity contribution < 1.29 is 14.3 Å². The first-order valence-electron chi connectivity index (χ1n) is 10.2. The highest BCUT2D eigenvalue weighted by Gasteiger charge is 2.22. The summed E-state index contributed by atoms with van der Waals surface area (Å²) in [6.45, 7) is 4.29. The Kier molecular flexibility index (Phi) is 9.12. The van der Waals surface area contributed by atoms with Crippen LogP contribution in [0.5, 0.6) is 0 Å². The number of hydrogen-bond acceptors (Lipinski definition) is 4. The lowest BCUT2D eigenvalue weighted by Crippen LogP contribution is -2.37. The molecule has 2 aromatic rings. The molecule has 1 unspecified atom stereocenters. The molecule has 1 atom stereocenters. The number of nitrogens with one attached hydrogen (secondary N) is 2. The van der Waals surface area contributed by atoms with Crippen LogP contribution in [-0.4, -0.2) is 54.7 Å². The molecule has 1 aromatic carbocycles. The Bertz CT molecular complexity index is 964. The van der Waals surface area contributed by atoms with Gasteiger partial charge in [0.25, 0.3) is 0 Å². The minimum absolute atomic E-state index is 0.147. The van der Waals surface area contributed by atoms with E-state index in [9.17, 15) is 9.59 Å². The highest BCUT2D eigenvalue weighted by molar-refractivity contribution is 8.32. The average molecular weight is 444 g/mol. The van der Waals surface area contributed by atoms with Gasteiger partial charge in [0.2, 0.25) is 5.91 Å². The van der Waals surface area contributed by atoms with Crippen molar-refractivity contribution in [2.45, 2.75) is 13.8 Å². The first kappa shape index (κ1) is 24.5. The first-order valence-corrected chi connectivity index (χ1v) is 13.3. The van der Waals surface area contributed by atoms with Crippen LogP contribution in [0.2, 0.25) is 0 Å². The van der Waals surface area contributed by atoms with Gasteiger partial charge in [0, 0.05) is 35.8 Å². The molecule has 7 heteroatoms. The lowest BCUT2D eigenvalue weighted by molar-refractivity contribution is -0.118. The van der Waals surface area contributed by atoms with Gasteiger partial charge in [-0.15, -0.1) is 0 Å². The fourth-order valence-corrected chi connectivity index (χ4v) is 3.56. The minimum Gasteiger partial charge on any atom is -0.449 e. The topological polar surface area (TPSA) is 80.3 Å². The maximum atomic E-state index is 13.1. The summed E-state index contributed by atoms with van der Waals surface area (Å²) in [5.41, 5.74) is 1.52. The Labute approximate surface area is 186 Å². The number of hydrogen-bond donors (Lipinski definition) is 2. The number of alkyl carbamates (subject to hydrolysis) is 1. The lowest BCUT2D eigenvalue weighted by atomic mass is 9.96. The number of pyridine rings is 1. The van der Waals surface area contributed by atoms with Gasteiger partial charge in [0.05, 0.1) is 5.92 Å². The van der Waals surface area contributed by atoms with Crippen LogP contribution >= 0.6 is 10.0 Å². The van der Waals surface area contributed by atoms with Gasteiger partial charge in [-0.1, -0.05) is 24.3 Å². The predicted molar refractivity (Wildman–Crippen MR) is 132 cm³/mol. The molecular weight excluding hydrogens is 410 g/mol. The number of ether oxygens (including phenoxy) is 1. The predicted octanol–water partition coefficient (Wildman–Crippen LogP) is 4.73. The molecule has 0 fully saturated rings. The third-order valence-electron chi connectivity index (χ3n) is 4.70. The molecule has 2 N–H and O–H groups in total. The van der Waals surface area contributed by atoms with Gasteiger partial charge in [0.15, 0.2) is 0 Å². The molecule has 0 spiro atoms. The third kappa shape index (κ3) is 8.09. The normalized spacial score (nSPS) is 13.8. The summed E-state index contributed by atoms with van der Waals surface area (Å²) in [6.07, 6.45) is 15.2. The molecule has 0 aliphatic heterocycles. The maximum Gasteiger partial charge on any atom is 0.407 e. The summed E-state index contributed by atoms with van der Waals surface area (Å²) in [4.78, 5) is 29.3. The summed E-state index contributed by atoms with van der Waals surface area (Å²) in [6, 6.07) is 7.58. The molecule has 0 radical (unpaired) electrons. The molecule has 6 nitrogen and oxygen atoms in total. The molecule has 1 heterocycles. The van der Waals surface area contributed by atoms with E-state index in [1.807, 2.05) is 56.3 Å². The largest absolute Gasteiger partial charge is 0.449 e. The highest BCUT2D eigenvalue weighted by Crippen LogP contribution is 2.33. The lowest BCUT2D eigenvalue weighted by Gasteiger charge is -2.24. The van der Waals surface area contributed by atoms with Crippen molar-refractivity contribution >= 4 is 38.5 Å². The van der Waals surface area contributed by atoms with E-state index in [0.29, 0.717) is 12.3 Å². The number of fused-ring (bicyclic) bond motifs is 1. The number of rotatable bonds is 9. The first-order chi connectivity index (χ1) is 14.7. The number of carbonyl (C=O) groups is 2. The van der Waals surface area contributed by atoms with Gasteiger partial charge in [0.1, 0.15) is 6.61 Å². The fraction of sp³-hybridized carbons (Fsp3) is 0.375. The number of anilines is 1.